The van der Waals surface area contributed by atoms with Crippen molar-refractivity contribution >= 4 is 10.2 Å². The van der Waals surface area contributed by atoms with Crippen LogP contribution in [0.2, 0.25) is 0 Å². The molecule has 17 heavy (non-hydrogen) atoms. The van der Waals surface area contributed by atoms with Crippen LogP contribution in [0.15, 0.2) is 0 Å². The first kappa shape index (κ1) is 13.3. The van der Waals surface area contributed by atoms with Crippen molar-refractivity contribution in [2.24, 2.45) is 0 Å². The van der Waals surface area contributed by atoms with Crippen molar-refractivity contribution in [3.63, 3.8) is 0 Å². The number of aliphatic hydroxyl groups is 1. The molecule has 0 bridgehead atoms. The molecule has 0 spiro atoms. The fourth-order valence-corrected chi connectivity index (χ4v) is 3.99. The van der Waals surface area contributed by atoms with E-state index in [9.17, 15) is 8.42 Å². The monoisotopic (exact) mass is 262 g/mol. The molecule has 0 unspecified atom stereocenters. The maximum Gasteiger partial charge on any atom is 0.280 e. The minimum absolute atomic E-state index is 0.106. The first-order valence-electron chi connectivity index (χ1n) is 6.37. The Morgan fingerprint density at radius 2 is 1.88 bits per heavy atom. The molecule has 0 aromatic rings. The molecule has 100 valence electrons. The van der Waals surface area contributed by atoms with Crippen molar-refractivity contribution in [3.8, 4) is 0 Å². The summed E-state index contributed by atoms with van der Waals surface area (Å²) in [7, 11) is -1.80. The first-order valence-corrected chi connectivity index (χ1v) is 7.81. The van der Waals surface area contributed by atoms with Crippen LogP contribution in [0.5, 0.6) is 0 Å². The Kier molecular flexibility index (Phi) is 3.77. The third-order valence-electron chi connectivity index (χ3n) is 3.97. The van der Waals surface area contributed by atoms with E-state index in [0.717, 1.165) is 38.5 Å². The van der Waals surface area contributed by atoms with Gasteiger partial charge in [-0.05, 0) is 25.7 Å². The molecule has 0 amide bonds. The van der Waals surface area contributed by atoms with Gasteiger partial charge in [-0.1, -0.05) is 19.3 Å². The molecule has 2 rings (SSSR count). The Hall–Kier alpha value is -0.170. The Morgan fingerprint density at radius 3 is 2.35 bits per heavy atom. The quantitative estimate of drug-likeness (QED) is 0.762. The van der Waals surface area contributed by atoms with Crippen LogP contribution in [0.1, 0.15) is 44.9 Å². The molecule has 2 aliphatic rings. The zero-order valence-corrected chi connectivity index (χ0v) is 11.2. The van der Waals surface area contributed by atoms with Crippen LogP contribution in [-0.2, 0) is 10.2 Å². The lowest BCUT2D eigenvalue weighted by molar-refractivity contribution is 0.238. The molecule has 0 aromatic heterocycles. The second-order valence-electron chi connectivity index (χ2n) is 5.35. The highest BCUT2D eigenvalue weighted by molar-refractivity contribution is 7.87. The lowest BCUT2D eigenvalue weighted by Crippen LogP contribution is -2.50. The lowest BCUT2D eigenvalue weighted by Gasteiger charge is -2.31. The number of hydrogen-bond acceptors (Lipinski definition) is 3. The standard InChI is InChI=1S/C11H22N2O3S/c1-13(10-5-3-2-4-6-10)17(15,16)12-11(9-14)7-8-11/h10,12,14H,2-9H2,1H3. The summed E-state index contributed by atoms with van der Waals surface area (Å²) in [5, 5.41) is 9.17. The Bertz CT molecular complexity index is 359. The molecule has 2 fully saturated rings. The molecule has 0 aromatic carbocycles. The fourth-order valence-electron chi connectivity index (χ4n) is 2.43. The third kappa shape index (κ3) is 2.99. The maximum absolute atomic E-state index is 12.1. The summed E-state index contributed by atoms with van der Waals surface area (Å²) < 4.78 is 28.4. The predicted octanol–water partition coefficient (Wildman–Crippen LogP) is 0.610. The number of rotatable bonds is 5. The second kappa shape index (κ2) is 4.84. The van der Waals surface area contributed by atoms with Crippen molar-refractivity contribution in [1.82, 2.24) is 9.03 Å². The Balaban J connectivity index is 1.99. The molecule has 5 nitrogen and oxygen atoms in total. The minimum atomic E-state index is -3.44. The topological polar surface area (TPSA) is 69.6 Å². The van der Waals surface area contributed by atoms with Crippen LogP contribution in [0.4, 0.5) is 0 Å². The molecule has 2 saturated carbocycles. The van der Waals surface area contributed by atoms with E-state index < -0.39 is 15.7 Å². The number of nitrogens with zero attached hydrogens (tertiary/aromatic N) is 1. The van der Waals surface area contributed by atoms with E-state index in [0.29, 0.717) is 0 Å². The molecule has 0 heterocycles. The summed E-state index contributed by atoms with van der Waals surface area (Å²) >= 11 is 0. The summed E-state index contributed by atoms with van der Waals surface area (Å²) in [4.78, 5) is 0. The van der Waals surface area contributed by atoms with Crippen molar-refractivity contribution in [1.29, 1.82) is 0 Å². The van der Waals surface area contributed by atoms with E-state index in [-0.39, 0.29) is 12.6 Å². The van der Waals surface area contributed by atoms with Crippen molar-refractivity contribution in [3.05, 3.63) is 0 Å². The second-order valence-corrected chi connectivity index (χ2v) is 7.08. The molecular weight excluding hydrogens is 240 g/mol. The highest BCUT2D eigenvalue weighted by Gasteiger charge is 2.46. The summed E-state index contributed by atoms with van der Waals surface area (Å²) in [6.45, 7) is -0.106. The molecule has 6 heteroatoms. The van der Waals surface area contributed by atoms with Gasteiger partial charge in [-0.2, -0.15) is 17.4 Å². The van der Waals surface area contributed by atoms with Gasteiger partial charge >= 0.3 is 0 Å². The van der Waals surface area contributed by atoms with Gasteiger partial charge in [-0.15, -0.1) is 0 Å². The van der Waals surface area contributed by atoms with Gasteiger partial charge in [0.2, 0.25) is 0 Å². The zero-order chi connectivity index (χ0) is 12.5. The van der Waals surface area contributed by atoms with Crippen LogP contribution in [0.3, 0.4) is 0 Å². The van der Waals surface area contributed by atoms with Crippen molar-refractivity contribution in [2.75, 3.05) is 13.7 Å². The van der Waals surface area contributed by atoms with Crippen LogP contribution < -0.4 is 4.72 Å². The molecule has 2 aliphatic carbocycles. The average molecular weight is 262 g/mol. The smallest absolute Gasteiger partial charge is 0.280 e. The van der Waals surface area contributed by atoms with Crippen LogP contribution >= 0.6 is 0 Å². The highest BCUT2D eigenvalue weighted by Crippen LogP contribution is 2.36. The number of nitrogens with one attached hydrogen (secondary N) is 1. The van der Waals surface area contributed by atoms with E-state index in [4.69, 9.17) is 5.11 Å². The summed E-state index contributed by atoms with van der Waals surface area (Å²) in [6.07, 6.45) is 6.79. The van der Waals surface area contributed by atoms with Crippen LogP contribution in [-0.4, -0.2) is 43.1 Å². The van der Waals surface area contributed by atoms with Gasteiger partial charge in [0.25, 0.3) is 10.2 Å². The van der Waals surface area contributed by atoms with E-state index in [1.165, 1.54) is 10.7 Å². The zero-order valence-electron chi connectivity index (χ0n) is 10.4. The van der Waals surface area contributed by atoms with Gasteiger partial charge in [0.1, 0.15) is 0 Å². The molecule has 0 aliphatic heterocycles. The van der Waals surface area contributed by atoms with E-state index >= 15 is 0 Å². The normalized spacial score (nSPS) is 25.1. The highest BCUT2D eigenvalue weighted by atomic mass is 32.2. The van der Waals surface area contributed by atoms with Gasteiger partial charge in [0.15, 0.2) is 0 Å². The SMILES string of the molecule is CN(C1CCCCC1)S(=O)(=O)NC1(CO)CC1. The van der Waals surface area contributed by atoms with Gasteiger partial charge < -0.3 is 5.11 Å². The van der Waals surface area contributed by atoms with Crippen LogP contribution in [0, 0.1) is 0 Å². The average Bonchev–Trinajstić information content (AvgIpc) is 3.09. The largest absolute Gasteiger partial charge is 0.394 e. The number of aliphatic hydroxyl groups excluding tert-OH is 1. The van der Waals surface area contributed by atoms with Crippen molar-refractivity contribution in [2.45, 2.75) is 56.5 Å². The van der Waals surface area contributed by atoms with Crippen molar-refractivity contribution < 1.29 is 13.5 Å². The molecule has 0 atom stereocenters. The van der Waals surface area contributed by atoms with E-state index in [2.05, 4.69) is 4.72 Å². The lowest BCUT2D eigenvalue weighted by atomic mass is 9.96. The Labute approximate surface area is 103 Å². The molecule has 0 radical (unpaired) electrons. The molecular formula is C11H22N2O3S. The van der Waals surface area contributed by atoms with Gasteiger partial charge in [-0.3, -0.25) is 0 Å². The molecule has 0 saturated heterocycles. The fraction of sp³-hybridized carbons (Fsp3) is 1.00. The van der Waals surface area contributed by atoms with E-state index in [1.807, 2.05) is 0 Å². The first-order chi connectivity index (χ1) is 7.99. The minimum Gasteiger partial charge on any atom is -0.394 e. The summed E-state index contributed by atoms with van der Waals surface area (Å²) in [6, 6.07) is 0.121. The van der Waals surface area contributed by atoms with Gasteiger partial charge in [-0.25, -0.2) is 0 Å². The third-order valence-corrected chi connectivity index (χ3v) is 5.72. The summed E-state index contributed by atoms with van der Waals surface area (Å²) in [5.41, 5.74) is -0.568. The number of hydrogen-bond donors (Lipinski definition) is 2. The maximum atomic E-state index is 12.1. The summed E-state index contributed by atoms with van der Waals surface area (Å²) in [5.74, 6) is 0. The van der Waals surface area contributed by atoms with Crippen LogP contribution in [0.25, 0.3) is 0 Å². The molecule has 2 N–H and O–H groups in total. The Morgan fingerprint density at radius 1 is 1.29 bits per heavy atom. The van der Waals surface area contributed by atoms with Gasteiger partial charge in [0, 0.05) is 13.1 Å². The van der Waals surface area contributed by atoms with E-state index in [1.54, 1.807) is 7.05 Å². The predicted molar refractivity (Wildman–Crippen MR) is 65.7 cm³/mol. The van der Waals surface area contributed by atoms with Gasteiger partial charge in [0.05, 0.1) is 12.1 Å².